The smallest absolute Gasteiger partial charge is 0.352 e. The molecule has 2 aliphatic heterocycles. The average Bonchev–Trinajstić information content (AvgIpc) is 3.35. The minimum Gasteiger partial charge on any atom is -0.477 e. The van der Waals surface area contributed by atoms with Crippen LogP contribution in [-0.2, 0) is 19.1 Å². The maximum atomic E-state index is 13.0. The second kappa shape index (κ2) is 8.39. The zero-order valence-electron chi connectivity index (χ0n) is 20.0. The summed E-state index contributed by atoms with van der Waals surface area (Å²) < 4.78 is 7.38. The van der Waals surface area contributed by atoms with Crippen molar-refractivity contribution in [3.63, 3.8) is 0 Å². The van der Waals surface area contributed by atoms with E-state index in [1.807, 2.05) is 23.8 Å². The van der Waals surface area contributed by atoms with Crippen molar-refractivity contribution in [2.45, 2.75) is 58.2 Å². The molecule has 4 rings (SSSR count). The van der Waals surface area contributed by atoms with Gasteiger partial charge in [-0.2, -0.15) is 0 Å². The Kier molecular flexibility index (Phi) is 6.10. The molecular formula is C23H29N3O6S2. The molecule has 0 spiro atoms. The average molecular weight is 508 g/mol. The van der Waals surface area contributed by atoms with Crippen LogP contribution in [0.5, 0.6) is 0 Å². The van der Waals surface area contributed by atoms with Crippen LogP contribution in [0.4, 0.5) is 0 Å². The van der Waals surface area contributed by atoms with Crippen molar-refractivity contribution in [3.05, 3.63) is 23.1 Å². The van der Waals surface area contributed by atoms with Crippen LogP contribution in [0.3, 0.4) is 0 Å². The zero-order chi connectivity index (χ0) is 25.2. The second-order valence-electron chi connectivity index (χ2n) is 10.1. The fourth-order valence-electron chi connectivity index (χ4n) is 4.94. The van der Waals surface area contributed by atoms with Crippen LogP contribution in [-0.4, -0.2) is 67.4 Å². The monoisotopic (exact) mass is 507 g/mol. The van der Waals surface area contributed by atoms with Gasteiger partial charge in [0.1, 0.15) is 21.9 Å². The molecular weight excluding hydrogens is 478 g/mol. The Morgan fingerprint density at radius 3 is 2.62 bits per heavy atom. The molecule has 34 heavy (non-hydrogen) atoms. The number of aliphatic hydroxyl groups excluding tert-OH is 1. The predicted octanol–water partition coefficient (Wildman–Crippen LogP) is 3.12. The maximum Gasteiger partial charge on any atom is 0.352 e. The first-order valence-corrected chi connectivity index (χ1v) is 13.0. The fourth-order valence-corrected chi connectivity index (χ4v) is 6.90. The Morgan fingerprint density at radius 1 is 1.38 bits per heavy atom. The lowest BCUT2D eigenvalue weighted by Gasteiger charge is -2.50. The minimum atomic E-state index is -1.20. The van der Waals surface area contributed by atoms with Crippen molar-refractivity contribution in [1.29, 1.82) is 0 Å². The molecule has 1 amide bonds. The normalized spacial score (nSPS) is 25.5. The van der Waals surface area contributed by atoms with E-state index in [1.54, 1.807) is 34.0 Å². The first kappa shape index (κ1) is 24.7. The Morgan fingerprint density at radius 2 is 2.06 bits per heavy atom. The van der Waals surface area contributed by atoms with E-state index < -0.39 is 40.8 Å². The quantitative estimate of drug-likeness (QED) is 0.333. The number of β-lactam (4-membered cyclic amide) rings is 1. The summed E-state index contributed by atoms with van der Waals surface area (Å²) in [4.78, 5) is 45.1. The van der Waals surface area contributed by atoms with Gasteiger partial charge in [-0.15, -0.1) is 23.1 Å². The van der Waals surface area contributed by atoms with E-state index in [2.05, 4.69) is 4.98 Å². The number of hydrogen-bond donors (Lipinski definition) is 2. The van der Waals surface area contributed by atoms with Gasteiger partial charge in [-0.25, -0.2) is 9.78 Å². The van der Waals surface area contributed by atoms with E-state index in [0.29, 0.717) is 16.9 Å². The van der Waals surface area contributed by atoms with Crippen LogP contribution in [0.15, 0.2) is 23.2 Å². The lowest BCUT2D eigenvalue weighted by atomic mass is 9.65. The number of hydrogen-bond acceptors (Lipinski definition) is 8. The number of carbonyl (C=O) groups excluding carboxylic acids is 2. The van der Waals surface area contributed by atoms with Crippen LogP contribution in [0, 0.1) is 16.7 Å². The Bertz CT molecular complexity index is 1210. The van der Waals surface area contributed by atoms with E-state index >= 15 is 0 Å². The topological polar surface area (TPSA) is 121 Å². The molecule has 2 aromatic rings. The molecule has 1 saturated heterocycles. The van der Waals surface area contributed by atoms with Crippen molar-refractivity contribution in [1.82, 2.24) is 14.3 Å². The number of aromatic nitrogens is 2. The van der Waals surface area contributed by atoms with Gasteiger partial charge in [0.15, 0.2) is 0 Å². The highest BCUT2D eigenvalue weighted by molar-refractivity contribution is 7.98. The number of aliphatic carboxylic acids is 1. The van der Waals surface area contributed by atoms with Crippen molar-refractivity contribution in [2.24, 2.45) is 16.7 Å². The molecule has 1 fully saturated rings. The molecule has 4 heterocycles. The zero-order valence-corrected chi connectivity index (χ0v) is 21.6. The van der Waals surface area contributed by atoms with Crippen LogP contribution >= 0.6 is 23.1 Å². The number of amides is 1. The molecule has 4 atom stereocenters. The highest BCUT2D eigenvalue weighted by Crippen LogP contribution is 2.60. The van der Waals surface area contributed by atoms with Crippen LogP contribution < -0.4 is 0 Å². The number of fused-ring (bicyclic) bond motifs is 2. The van der Waals surface area contributed by atoms with Gasteiger partial charge in [-0.05, 0) is 40.4 Å². The van der Waals surface area contributed by atoms with E-state index in [4.69, 9.17) is 4.74 Å². The third kappa shape index (κ3) is 3.64. The van der Waals surface area contributed by atoms with Gasteiger partial charge >= 0.3 is 11.9 Å². The Balaban J connectivity index is 1.81. The second-order valence-corrected chi connectivity index (χ2v) is 11.9. The molecule has 2 N–H and O–H groups in total. The number of ether oxygens (including phenoxy) is 1. The number of carboxylic acid groups (broad SMARTS) is 1. The van der Waals surface area contributed by atoms with Crippen LogP contribution in [0.1, 0.15) is 45.9 Å². The van der Waals surface area contributed by atoms with Crippen LogP contribution in [0.25, 0.3) is 10.4 Å². The molecule has 184 valence electrons. The summed E-state index contributed by atoms with van der Waals surface area (Å²) in [5.74, 6) is -2.69. The highest BCUT2D eigenvalue weighted by atomic mass is 32.2. The first-order chi connectivity index (χ1) is 15.8. The van der Waals surface area contributed by atoms with Crippen molar-refractivity contribution in [2.75, 3.05) is 12.9 Å². The Labute approximate surface area is 205 Å². The molecule has 1 unspecified atom stereocenters. The summed E-state index contributed by atoms with van der Waals surface area (Å²) in [5.41, 5.74) is -1.07. The van der Waals surface area contributed by atoms with Crippen molar-refractivity contribution < 1.29 is 29.3 Å². The number of thiazole rings is 1. The highest BCUT2D eigenvalue weighted by Gasteiger charge is 2.66. The van der Waals surface area contributed by atoms with Gasteiger partial charge in [0.05, 0.1) is 35.0 Å². The lowest BCUT2D eigenvalue weighted by molar-refractivity contribution is -0.168. The number of aliphatic hydroxyl groups is 1. The molecule has 0 saturated carbocycles. The van der Waals surface area contributed by atoms with E-state index in [0.717, 1.165) is 9.86 Å². The molecule has 9 nitrogen and oxygen atoms in total. The van der Waals surface area contributed by atoms with E-state index in [-0.39, 0.29) is 18.3 Å². The molecule has 11 heteroatoms. The third-order valence-electron chi connectivity index (χ3n) is 6.65. The summed E-state index contributed by atoms with van der Waals surface area (Å²) in [6, 6.07) is -0.547. The number of esters is 1. The molecule has 0 bridgehead atoms. The number of carbonyl (C=O) groups is 3. The summed E-state index contributed by atoms with van der Waals surface area (Å²) >= 11 is 2.91. The van der Waals surface area contributed by atoms with Gasteiger partial charge < -0.3 is 19.8 Å². The Hall–Kier alpha value is -2.37. The number of imidazole rings is 1. The van der Waals surface area contributed by atoms with Crippen molar-refractivity contribution >= 4 is 51.3 Å². The number of nitrogens with zero attached hydrogens (tertiary/aromatic N) is 3. The molecule has 0 aliphatic carbocycles. The SMILES string of the molecule is CSc1ncn2cc(C3=C(C(=O)O)N4C(=O)[C@H](C(C)O)[C@@H]4[C@@]3(C)CCOC(=O)C(C)(C)C)sc12. The summed E-state index contributed by atoms with van der Waals surface area (Å²) in [7, 11) is 0. The summed E-state index contributed by atoms with van der Waals surface area (Å²) in [6.45, 7) is 8.80. The number of carboxylic acids is 1. The van der Waals surface area contributed by atoms with E-state index in [9.17, 15) is 24.6 Å². The lowest BCUT2D eigenvalue weighted by Crippen LogP contribution is -2.66. The number of thioether (sulfide) groups is 1. The largest absolute Gasteiger partial charge is 0.477 e. The van der Waals surface area contributed by atoms with Gasteiger partial charge in [0, 0.05) is 17.2 Å². The molecule has 2 aromatic heterocycles. The fraction of sp³-hybridized carbons (Fsp3) is 0.565. The maximum absolute atomic E-state index is 13.0. The number of rotatable bonds is 7. The summed E-state index contributed by atoms with van der Waals surface area (Å²) in [5, 5.41) is 21.4. The molecule has 2 aliphatic rings. The van der Waals surface area contributed by atoms with Crippen LogP contribution in [0.2, 0.25) is 0 Å². The molecule has 0 aromatic carbocycles. The van der Waals surface area contributed by atoms with Gasteiger partial charge in [0.2, 0.25) is 5.91 Å². The first-order valence-electron chi connectivity index (χ1n) is 11.0. The van der Waals surface area contributed by atoms with Gasteiger partial charge in [0.25, 0.3) is 0 Å². The minimum absolute atomic E-state index is 0.0654. The standard InChI is InChI=1S/C23H29N3O6S2/c1-11(27)13-16-23(5,7-8-32-21(31)22(2,3)4)14(15(20(29)30)26(16)18(13)28)12-9-25-10-24-17(33-6)19(25)34-12/h9-11,13,16,27H,7-8H2,1-6H3,(H,29,30)/t11?,13-,16-,23+/m1/s1. The van der Waals surface area contributed by atoms with Gasteiger partial charge in [-0.3, -0.25) is 14.0 Å². The van der Waals surface area contributed by atoms with Gasteiger partial charge in [-0.1, -0.05) is 6.92 Å². The van der Waals surface area contributed by atoms with E-state index in [1.165, 1.54) is 28.0 Å². The van der Waals surface area contributed by atoms with Crippen molar-refractivity contribution in [3.8, 4) is 0 Å². The predicted molar refractivity (Wildman–Crippen MR) is 128 cm³/mol. The molecule has 0 radical (unpaired) electrons. The summed E-state index contributed by atoms with van der Waals surface area (Å²) in [6.07, 6.45) is 4.80. The third-order valence-corrected chi connectivity index (χ3v) is 8.59.